The lowest BCUT2D eigenvalue weighted by molar-refractivity contribution is 0.271. The van der Waals surface area contributed by atoms with Crippen molar-refractivity contribution in [3.8, 4) is 0 Å². The molecule has 17 heavy (non-hydrogen) atoms. The van der Waals surface area contributed by atoms with Crippen LogP contribution < -0.4 is 11.1 Å². The predicted molar refractivity (Wildman–Crippen MR) is 72.4 cm³/mol. The lowest BCUT2D eigenvalue weighted by atomic mass is 9.88. The van der Waals surface area contributed by atoms with Crippen molar-refractivity contribution in [1.29, 1.82) is 0 Å². The van der Waals surface area contributed by atoms with E-state index in [9.17, 15) is 0 Å². The van der Waals surface area contributed by atoms with Crippen LogP contribution in [0.1, 0.15) is 34.1 Å². The highest BCUT2D eigenvalue weighted by molar-refractivity contribution is 5.85. The highest BCUT2D eigenvalue weighted by Gasteiger charge is 2.22. The quantitative estimate of drug-likeness (QED) is 0.196. The normalized spacial score (nSPS) is 13.7. The van der Waals surface area contributed by atoms with Crippen LogP contribution >= 0.6 is 0 Å². The zero-order chi connectivity index (χ0) is 13.5. The third-order valence-corrected chi connectivity index (χ3v) is 3.25. The van der Waals surface area contributed by atoms with Crippen LogP contribution in [0.5, 0.6) is 0 Å². The molecule has 0 spiro atoms. The number of oxime groups is 1. The standard InChI is InChI=1S/C12H28N4O/c1-10(2)16(5)9-8-14-7-6-12(3,4)11(13)15-17/h10,14,17H,6-9H2,1-5H3,(H2,13,15). The Bertz CT molecular complexity index is 239. The average Bonchev–Trinajstić information content (AvgIpc) is 2.26. The number of hydrogen-bond donors (Lipinski definition) is 3. The summed E-state index contributed by atoms with van der Waals surface area (Å²) in [7, 11) is 2.12. The summed E-state index contributed by atoms with van der Waals surface area (Å²) in [5, 5.41) is 15.1. The van der Waals surface area contributed by atoms with E-state index in [-0.39, 0.29) is 5.41 Å². The van der Waals surface area contributed by atoms with Crippen molar-refractivity contribution in [3.63, 3.8) is 0 Å². The van der Waals surface area contributed by atoms with E-state index in [1.165, 1.54) is 0 Å². The van der Waals surface area contributed by atoms with Gasteiger partial charge in [-0.15, -0.1) is 0 Å². The first-order valence-electron chi connectivity index (χ1n) is 6.20. The summed E-state index contributed by atoms with van der Waals surface area (Å²) in [5.74, 6) is 0.290. The van der Waals surface area contributed by atoms with Gasteiger partial charge in [-0.1, -0.05) is 19.0 Å². The minimum absolute atomic E-state index is 0.258. The van der Waals surface area contributed by atoms with Gasteiger partial charge in [-0.3, -0.25) is 0 Å². The zero-order valence-corrected chi connectivity index (χ0v) is 11.8. The third-order valence-electron chi connectivity index (χ3n) is 3.25. The van der Waals surface area contributed by atoms with Crippen LogP contribution in [-0.2, 0) is 0 Å². The van der Waals surface area contributed by atoms with Gasteiger partial charge in [0.15, 0.2) is 0 Å². The first kappa shape index (κ1) is 16.2. The average molecular weight is 244 g/mol. The van der Waals surface area contributed by atoms with E-state index in [1.54, 1.807) is 0 Å². The van der Waals surface area contributed by atoms with E-state index in [0.29, 0.717) is 11.9 Å². The van der Waals surface area contributed by atoms with Gasteiger partial charge in [0.1, 0.15) is 5.84 Å². The topological polar surface area (TPSA) is 73.9 Å². The number of amidine groups is 1. The number of nitrogens with two attached hydrogens (primary N) is 1. The van der Waals surface area contributed by atoms with E-state index in [1.807, 2.05) is 13.8 Å². The molecule has 0 aliphatic carbocycles. The van der Waals surface area contributed by atoms with E-state index >= 15 is 0 Å². The Balaban J connectivity index is 3.72. The van der Waals surface area contributed by atoms with Crippen molar-refractivity contribution < 1.29 is 5.21 Å². The molecule has 0 radical (unpaired) electrons. The molecule has 0 aromatic carbocycles. The van der Waals surface area contributed by atoms with Gasteiger partial charge in [-0.05, 0) is 33.9 Å². The number of nitrogens with zero attached hydrogens (tertiary/aromatic N) is 2. The molecule has 0 aromatic rings. The molecule has 0 aliphatic heterocycles. The van der Waals surface area contributed by atoms with Gasteiger partial charge in [0.2, 0.25) is 0 Å². The zero-order valence-electron chi connectivity index (χ0n) is 11.8. The van der Waals surface area contributed by atoms with E-state index in [2.05, 4.69) is 36.3 Å². The molecule has 5 nitrogen and oxygen atoms in total. The first-order chi connectivity index (χ1) is 7.81. The number of likely N-dealkylation sites (N-methyl/N-ethyl adjacent to an activating group) is 1. The van der Waals surface area contributed by atoms with Crippen LogP contribution in [0.4, 0.5) is 0 Å². The molecule has 0 unspecified atom stereocenters. The van der Waals surface area contributed by atoms with Crippen molar-refractivity contribution in [3.05, 3.63) is 0 Å². The summed E-state index contributed by atoms with van der Waals surface area (Å²) < 4.78 is 0. The molecule has 5 heteroatoms. The van der Waals surface area contributed by atoms with Gasteiger partial charge in [-0.25, -0.2) is 0 Å². The minimum atomic E-state index is -0.258. The second kappa shape index (κ2) is 7.50. The molecule has 0 saturated heterocycles. The van der Waals surface area contributed by atoms with Crippen LogP contribution in [0.25, 0.3) is 0 Å². The predicted octanol–water partition coefficient (Wildman–Crippen LogP) is 1.08. The third kappa shape index (κ3) is 6.48. The molecule has 0 bridgehead atoms. The number of hydrogen-bond acceptors (Lipinski definition) is 4. The fourth-order valence-corrected chi connectivity index (χ4v) is 1.30. The van der Waals surface area contributed by atoms with Crippen molar-refractivity contribution >= 4 is 5.84 Å². The second-order valence-electron chi connectivity index (χ2n) is 5.44. The lowest BCUT2D eigenvalue weighted by Gasteiger charge is -2.24. The Morgan fingerprint density at radius 3 is 2.47 bits per heavy atom. The smallest absolute Gasteiger partial charge is 0.144 e. The van der Waals surface area contributed by atoms with Crippen molar-refractivity contribution in [2.45, 2.75) is 40.2 Å². The Kier molecular flexibility index (Phi) is 7.15. The maximum atomic E-state index is 8.64. The Hall–Kier alpha value is -0.810. The Labute approximate surface area is 105 Å². The number of rotatable bonds is 8. The van der Waals surface area contributed by atoms with Crippen LogP contribution in [-0.4, -0.2) is 48.7 Å². The van der Waals surface area contributed by atoms with Crippen LogP contribution in [0, 0.1) is 5.41 Å². The minimum Gasteiger partial charge on any atom is -0.409 e. The maximum absolute atomic E-state index is 8.64. The highest BCUT2D eigenvalue weighted by atomic mass is 16.4. The van der Waals surface area contributed by atoms with Gasteiger partial charge < -0.3 is 21.2 Å². The second-order valence-corrected chi connectivity index (χ2v) is 5.44. The first-order valence-corrected chi connectivity index (χ1v) is 6.20. The van der Waals surface area contributed by atoms with Crippen molar-refractivity contribution in [2.24, 2.45) is 16.3 Å². The van der Waals surface area contributed by atoms with E-state index in [4.69, 9.17) is 10.9 Å². The maximum Gasteiger partial charge on any atom is 0.144 e. The van der Waals surface area contributed by atoms with Gasteiger partial charge in [0, 0.05) is 24.5 Å². The fraction of sp³-hybridized carbons (Fsp3) is 0.917. The van der Waals surface area contributed by atoms with Crippen LogP contribution in [0.15, 0.2) is 5.16 Å². The summed E-state index contributed by atoms with van der Waals surface area (Å²) in [6.45, 7) is 11.2. The molecule has 0 aromatic heterocycles. The van der Waals surface area contributed by atoms with Gasteiger partial charge in [-0.2, -0.15) is 0 Å². The molecular formula is C12H28N4O. The monoisotopic (exact) mass is 244 g/mol. The molecule has 102 valence electrons. The summed E-state index contributed by atoms with van der Waals surface area (Å²) in [5.41, 5.74) is 5.36. The Morgan fingerprint density at radius 1 is 1.41 bits per heavy atom. The molecule has 0 amide bonds. The molecule has 0 atom stereocenters. The van der Waals surface area contributed by atoms with E-state index in [0.717, 1.165) is 26.1 Å². The van der Waals surface area contributed by atoms with Crippen molar-refractivity contribution in [2.75, 3.05) is 26.7 Å². The molecule has 0 heterocycles. The SMILES string of the molecule is CC(C)N(C)CCNCCC(C)(C)C(N)=NO. The largest absolute Gasteiger partial charge is 0.409 e. The fourth-order valence-electron chi connectivity index (χ4n) is 1.30. The molecular weight excluding hydrogens is 216 g/mol. The summed E-state index contributed by atoms with van der Waals surface area (Å²) in [6.07, 6.45) is 0.855. The highest BCUT2D eigenvalue weighted by Crippen LogP contribution is 2.19. The van der Waals surface area contributed by atoms with Gasteiger partial charge in [0.25, 0.3) is 0 Å². The lowest BCUT2D eigenvalue weighted by Crippen LogP contribution is -2.37. The molecule has 0 rings (SSSR count). The Morgan fingerprint density at radius 2 is 2.00 bits per heavy atom. The van der Waals surface area contributed by atoms with Gasteiger partial charge in [0.05, 0.1) is 0 Å². The van der Waals surface area contributed by atoms with E-state index < -0.39 is 0 Å². The number of nitrogens with one attached hydrogen (secondary N) is 1. The molecule has 0 saturated carbocycles. The summed E-state index contributed by atoms with van der Waals surface area (Å²) in [4.78, 5) is 2.29. The summed E-state index contributed by atoms with van der Waals surface area (Å²) in [6, 6.07) is 0.574. The summed E-state index contributed by atoms with van der Waals surface area (Å²) >= 11 is 0. The molecule has 0 aliphatic rings. The molecule has 0 fully saturated rings. The van der Waals surface area contributed by atoms with Crippen LogP contribution in [0.3, 0.4) is 0 Å². The van der Waals surface area contributed by atoms with Gasteiger partial charge >= 0.3 is 0 Å². The van der Waals surface area contributed by atoms with Crippen molar-refractivity contribution in [1.82, 2.24) is 10.2 Å². The van der Waals surface area contributed by atoms with Crippen LogP contribution in [0.2, 0.25) is 0 Å². The molecule has 4 N–H and O–H groups in total.